The summed E-state index contributed by atoms with van der Waals surface area (Å²) in [4.78, 5) is 12.8. The number of rotatable bonds is 5. The van der Waals surface area contributed by atoms with E-state index in [2.05, 4.69) is 0 Å². The second kappa shape index (κ2) is 6.83. The Labute approximate surface area is 133 Å². The first-order valence-electron chi connectivity index (χ1n) is 6.43. The lowest BCUT2D eigenvalue weighted by Crippen LogP contribution is -2.29. The molecular formula is C16H15Cl2NO2. The maximum Gasteiger partial charge on any atom is 0.323 e. The van der Waals surface area contributed by atoms with Crippen LogP contribution in [0.2, 0.25) is 10.0 Å². The number of aryl methyl sites for hydroxylation is 1. The van der Waals surface area contributed by atoms with Gasteiger partial charge in [-0.3, -0.25) is 4.79 Å². The fourth-order valence-corrected chi connectivity index (χ4v) is 2.41. The molecule has 5 heteroatoms. The number of nitrogens with zero attached hydrogens (tertiary/aromatic N) is 1. The van der Waals surface area contributed by atoms with Crippen LogP contribution in [0, 0.1) is 6.92 Å². The highest BCUT2D eigenvalue weighted by Gasteiger charge is 2.14. The topological polar surface area (TPSA) is 40.5 Å². The largest absolute Gasteiger partial charge is 0.480 e. The van der Waals surface area contributed by atoms with Crippen LogP contribution in [0.4, 0.5) is 5.69 Å². The van der Waals surface area contributed by atoms with E-state index in [1.807, 2.05) is 37.3 Å². The van der Waals surface area contributed by atoms with Crippen molar-refractivity contribution in [3.63, 3.8) is 0 Å². The van der Waals surface area contributed by atoms with Crippen LogP contribution in [-0.2, 0) is 11.3 Å². The first-order chi connectivity index (χ1) is 9.97. The molecule has 2 aromatic carbocycles. The third-order valence-electron chi connectivity index (χ3n) is 3.12. The summed E-state index contributed by atoms with van der Waals surface area (Å²) in [5, 5.41) is 10.0. The number of carbonyl (C=O) groups is 1. The zero-order chi connectivity index (χ0) is 15.4. The highest BCUT2D eigenvalue weighted by molar-refractivity contribution is 6.42. The molecule has 0 radical (unpaired) electrons. The van der Waals surface area contributed by atoms with E-state index in [0.29, 0.717) is 16.6 Å². The van der Waals surface area contributed by atoms with Crippen molar-refractivity contribution in [2.24, 2.45) is 0 Å². The third-order valence-corrected chi connectivity index (χ3v) is 3.98. The zero-order valence-electron chi connectivity index (χ0n) is 11.5. The van der Waals surface area contributed by atoms with Crippen molar-refractivity contribution < 1.29 is 9.90 Å². The highest BCUT2D eigenvalue weighted by atomic mass is 35.5. The Morgan fingerprint density at radius 2 is 1.81 bits per heavy atom. The van der Waals surface area contributed by atoms with Gasteiger partial charge in [0, 0.05) is 12.2 Å². The number of halogens is 2. The SMILES string of the molecule is Cc1ccc(N(CC(=O)O)Cc2cccc(Cl)c2Cl)cc1. The second-order valence-electron chi connectivity index (χ2n) is 4.80. The summed E-state index contributed by atoms with van der Waals surface area (Å²) in [5.74, 6) is -0.895. The molecule has 0 saturated heterocycles. The summed E-state index contributed by atoms with van der Waals surface area (Å²) < 4.78 is 0. The molecule has 0 amide bonds. The molecule has 2 aromatic rings. The Morgan fingerprint density at radius 1 is 1.14 bits per heavy atom. The van der Waals surface area contributed by atoms with Crippen LogP contribution < -0.4 is 4.90 Å². The number of anilines is 1. The zero-order valence-corrected chi connectivity index (χ0v) is 13.0. The summed E-state index contributed by atoms with van der Waals surface area (Å²) in [7, 11) is 0. The number of hydrogen-bond donors (Lipinski definition) is 1. The van der Waals surface area contributed by atoms with Gasteiger partial charge in [0.2, 0.25) is 0 Å². The predicted molar refractivity (Wildman–Crippen MR) is 86.3 cm³/mol. The van der Waals surface area contributed by atoms with E-state index < -0.39 is 5.97 Å². The first-order valence-corrected chi connectivity index (χ1v) is 7.19. The Kier molecular flexibility index (Phi) is 5.10. The Bertz CT molecular complexity index is 641. The normalized spacial score (nSPS) is 10.4. The molecule has 3 nitrogen and oxygen atoms in total. The fraction of sp³-hybridized carbons (Fsp3) is 0.188. The number of carboxylic acids is 1. The van der Waals surface area contributed by atoms with Crippen LogP contribution in [0.15, 0.2) is 42.5 Å². The molecule has 0 aliphatic rings. The fourth-order valence-electron chi connectivity index (χ4n) is 2.03. The molecule has 0 aromatic heterocycles. The minimum atomic E-state index is -0.895. The van der Waals surface area contributed by atoms with Crippen LogP contribution in [0.3, 0.4) is 0 Å². The summed E-state index contributed by atoms with van der Waals surface area (Å²) in [6.07, 6.45) is 0. The van der Waals surface area contributed by atoms with Gasteiger partial charge < -0.3 is 10.0 Å². The lowest BCUT2D eigenvalue weighted by molar-refractivity contribution is -0.135. The third kappa shape index (κ3) is 4.13. The average Bonchev–Trinajstić information content (AvgIpc) is 2.43. The van der Waals surface area contributed by atoms with Gasteiger partial charge in [-0.25, -0.2) is 0 Å². The van der Waals surface area contributed by atoms with E-state index in [1.54, 1.807) is 17.0 Å². The summed E-state index contributed by atoms with van der Waals surface area (Å²) >= 11 is 12.2. The molecule has 0 aliphatic carbocycles. The van der Waals surface area contributed by atoms with E-state index in [4.69, 9.17) is 28.3 Å². The van der Waals surface area contributed by atoms with Crippen molar-refractivity contribution in [1.29, 1.82) is 0 Å². The molecule has 2 rings (SSSR count). The van der Waals surface area contributed by atoms with Gasteiger partial charge in [-0.15, -0.1) is 0 Å². The highest BCUT2D eigenvalue weighted by Crippen LogP contribution is 2.28. The Hall–Kier alpha value is -1.71. The summed E-state index contributed by atoms with van der Waals surface area (Å²) in [5.41, 5.74) is 2.75. The van der Waals surface area contributed by atoms with Gasteiger partial charge in [0.1, 0.15) is 6.54 Å². The van der Waals surface area contributed by atoms with Crippen LogP contribution in [-0.4, -0.2) is 17.6 Å². The van der Waals surface area contributed by atoms with E-state index in [1.165, 1.54) is 0 Å². The number of hydrogen-bond acceptors (Lipinski definition) is 2. The molecule has 0 heterocycles. The van der Waals surface area contributed by atoms with Crippen molar-refractivity contribution in [2.45, 2.75) is 13.5 Å². The maximum atomic E-state index is 11.1. The quantitative estimate of drug-likeness (QED) is 0.886. The Morgan fingerprint density at radius 3 is 2.43 bits per heavy atom. The van der Waals surface area contributed by atoms with Crippen LogP contribution >= 0.6 is 23.2 Å². The van der Waals surface area contributed by atoms with Gasteiger partial charge in [-0.05, 0) is 30.7 Å². The molecule has 0 fully saturated rings. The van der Waals surface area contributed by atoms with E-state index in [-0.39, 0.29) is 6.54 Å². The monoisotopic (exact) mass is 323 g/mol. The molecule has 0 saturated carbocycles. The molecule has 1 N–H and O–H groups in total. The molecule has 0 aliphatic heterocycles. The predicted octanol–water partition coefficient (Wildman–Crippen LogP) is 4.39. The Balaban J connectivity index is 2.30. The van der Waals surface area contributed by atoms with Gasteiger partial charge in [0.25, 0.3) is 0 Å². The number of benzene rings is 2. The second-order valence-corrected chi connectivity index (χ2v) is 5.58. The van der Waals surface area contributed by atoms with Crippen molar-refractivity contribution in [1.82, 2.24) is 0 Å². The number of aliphatic carboxylic acids is 1. The molecule has 110 valence electrons. The van der Waals surface area contributed by atoms with Crippen molar-refractivity contribution in [2.75, 3.05) is 11.4 Å². The molecule has 0 atom stereocenters. The minimum Gasteiger partial charge on any atom is -0.480 e. The van der Waals surface area contributed by atoms with E-state index in [9.17, 15) is 4.79 Å². The van der Waals surface area contributed by atoms with Gasteiger partial charge in [0.15, 0.2) is 0 Å². The number of carboxylic acid groups (broad SMARTS) is 1. The smallest absolute Gasteiger partial charge is 0.323 e. The molecule has 0 bridgehead atoms. The lowest BCUT2D eigenvalue weighted by Gasteiger charge is -2.24. The van der Waals surface area contributed by atoms with Crippen LogP contribution in [0.25, 0.3) is 0 Å². The molecule has 21 heavy (non-hydrogen) atoms. The average molecular weight is 324 g/mol. The standard InChI is InChI=1S/C16H15Cl2NO2/c1-11-5-7-13(8-6-11)19(10-15(20)21)9-12-3-2-4-14(17)16(12)18/h2-8H,9-10H2,1H3,(H,20,21). The maximum absolute atomic E-state index is 11.1. The van der Waals surface area contributed by atoms with Crippen molar-refractivity contribution >= 4 is 34.9 Å². The van der Waals surface area contributed by atoms with Crippen molar-refractivity contribution in [3.05, 3.63) is 63.6 Å². The first kappa shape index (κ1) is 15.7. The summed E-state index contributed by atoms with van der Waals surface area (Å²) in [6.45, 7) is 2.26. The van der Waals surface area contributed by atoms with Crippen molar-refractivity contribution in [3.8, 4) is 0 Å². The minimum absolute atomic E-state index is 0.105. The van der Waals surface area contributed by atoms with Gasteiger partial charge >= 0.3 is 5.97 Å². The molecule has 0 spiro atoms. The van der Waals surface area contributed by atoms with Crippen LogP contribution in [0.5, 0.6) is 0 Å². The molecular weight excluding hydrogens is 309 g/mol. The van der Waals surface area contributed by atoms with Gasteiger partial charge in [-0.2, -0.15) is 0 Å². The van der Waals surface area contributed by atoms with Gasteiger partial charge in [-0.1, -0.05) is 53.0 Å². The lowest BCUT2D eigenvalue weighted by atomic mass is 10.1. The van der Waals surface area contributed by atoms with Gasteiger partial charge in [0.05, 0.1) is 10.0 Å². The van der Waals surface area contributed by atoms with Crippen LogP contribution in [0.1, 0.15) is 11.1 Å². The molecule has 0 unspecified atom stereocenters. The van der Waals surface area contributed by atoms with E-state index in [0.717, 1.165) is 16.8 Å². The summed E-state index contributed by atoms with van der Waals surface area (Å²) in [6, 6.07) is 13.1. The van der Waals surface area contributed by atoms with E-state index >= 15 is 0 Å².